The van der Waals surface area contributed by atoms with Crippen LogP contribution in [0, 0.1) is 16.7 Å². The van der Waals surface area contributed by atoms with Crippen LogP contribution in [0.1, 0.15) is 28.8 Å². The van der Waals surface area contributed by atoms with Crippen molar-refractivity contribution in [2.75, 3.05) is 14.2 Å². The molecule has 0 bridgehead atoms. The fourth-order valence-electron chi connectivity index (χ4n) is 3.85. The summed E-state index contributed by atoms with van der Waals surface area (Å²) in [5.41, 5.74) is 2.25. The van der Waals surface area contributed by atoms with Crippen LogP contribution in [0.15, 0.2) is 54.2 Å². The minimum Gasteiger partial charge on any atom is -0.497 e. The second kappa shape index (κ2) is 7.85. The van der Waals surface area contributed by atoms with Crippen molar-refractivity contribution >= 4 is 23.2 Å². The number of hydrogen-bond donors (Lipinski definition) is 2. The van der Waals surface area contributed by atoms with Crippen LogP contribution in [0.2, 0.25) is 0 Å². The number of amides is 1. The Balaban J connectivity index is 1.79. The van der Waals surface area contributed by atoms with E-state index < -0.39 is 11.5 Å². The molecular formula is C23H21N5O2S. The molecule has 0 radical (unpaired) electrons. The summed E-state index contributed by atoms with van der Waals surface area (Å²) >= 11 is 1.51. The number of guanidine groups is 1. The number of carbonyl (C=O) groups excluding carboxylic acids is 1. The molecular weight excluding hydrogens is 410 g/mol. The molecule has 8 heteroatoms. The van der Waals surface area contributed by atoms with Gasteiger partial charge in [-0.05, 0) is 47.7 Å². The highest BCUT2D eigenvalue weighted by Gasteiger charge is 2.49. The Morgan fingerprint density at radius 1 is 1.26 bits per heavy atom. The summed E-state index contributed by atoms with van der Waals surface area (Å²) in [5, 5.41) is 22.7. The maximum absolute atomic E-state index is 13.3. The summed E-state index contributed by atoms with van der Waals surface area (Å²) in [6.45, 7) is 1.95. The molecule has 1 aliphatic rings. The topological polar surface area (TPSA) is 102 Å². The second-order valence-electron chi connectivity index (χ2n) is 7.55. The van der Waals surface area contributed by atoms with E-state index >= 15 is 0 Å². The number of nitrogens with one attached hydrogen (secondary N) is 2. The lowest BCUT2D eigenvalue weighted by Gasteiger charge is -2.45. The van der Waals surface area contributed by atoms with Crippen molar-refractivity contribution in [1.82, 2.24) is 15.2 Å². The Kier molecular flexibility index (Phi) is 5.21. The molecule has 0 aliphatic carbocycles. The molecule has 1 amide bonds. The average Bonchev–Trinajstić information content (AvgIpc) is 3.29. The van der Waals surface area contributed by atoms with Crippen molar-refractivity contribution in [1.29, 1.82) is 10.7 Å². The standard InChI is InChI=1S/C23H21N5O2S/c1-23(19-9-17(13-31-19)16-8-14(10-24)11-26-12-16)20(21(29)28(2)22(25)27-23)15-4-6-18(30-3)7-5-15/h4-9,11-13,20H,1-3H3,(H2,25,27)/t20-,23+/m0/s1. The van der Waals surface area contributed by atoms with E-state index in [-0.39, 0.29) is 11.9 Å². The summed E-state index contributed by atoms with van der Waals surface area (Å²) in [6.07, 6.45) is 3.24. The van der Waals surface area contributed by atoms with E-state index in [2.05, 4.69) is 16.4 Å². The summed E-state index contributed by atoms with van der Waals surface area (Å²) < 4.78 is 5.26. The maximum atomic E-state index is 13.3. The van der Waals surface area contributed by atoms with Gasteiger partial charge < -0.3 is 10.1 Å². The van der Waals surface area contributed by atoms with Crippen LogP contribution in [-0.4, -0.2) is 35.9 Å². The molecule has 31 heavy (non-hydrogen) atoms. The van der Waals surface area contributed by atoms with Gasteiger partial charge in [0.15, 0.2) is 5.96 Å². The molecule has 1 saturated heterocycles. The highest BCUT2D eigenvalue weighted by molar-refractivity contribution is 7.10. The number of likely N-dealkylation sites (N-methyl/N-ethyl adjacent to an activating group) is 1. The summed E-state index contributed by atoms with van der Waals surface area (Å²) in [6, 6.07) is 13.3. The van der Waals surface area contributed by atoms with Gasteiger partial charge in [-0.2, -0.15) is 5.26 Å². The number of aromatic nitrogens is 1. The highest BCUT2D eigenvalue weighted by Crippen LogP contribution is 2.44. The summed E-state index contributed by atoms with van der Waals surface area (Å²) in [5.74, 6) is 0.0819. The molecule has 0 saturated carbocycles. The molecule has 0 spiro atoms. The zero-order chi connectivity index (χ0) is 22.2. The third-order valence-electron chi connectivity index (χ3n) is 5.63. The Labute approximate surface area is 184 Å². The molecule has 156 valence electrons. The van der Waals surface area contributed by atoms with Crippen LogP contribution in [-0.2, 0) is 10.3 Å². The first kappa shape index (κ1) is 20.6. The van der Waals surface area contributed by atoms with Gasteiger partial charge in [0.05, 0.1) is 24.1 Å². The molecule has 0 unspecified atom stereocenters. The van der Waals surface area contributed by atoms with Crippen molar-refractivity contribution in [3.8, 4) is 22.9 Å². The molecule has 3 heterocycles. The minimum atomic E-state index is -0.821. The smallest absolute Gasteiger partial charge is 0.239 e. The molecule has 7 nitrogen and oxygen atoms in total. The lowest BCUT2D eigenvalue weighted by molar-refractivity contribution is -0.131. The SMILES string of the molecule is COc1ccc([C@H]2C(=O)N(C)C(=N)N[C@]2(C)c2cc(-c3cncc(C#N)c3)cs2)cc1. The third-order valence-corrected chi connectivity index (χ3v) is 6.80. The summed E-state index contributed by atoms with van der Waals surface area (Å²) in [4.78, 5) is 19.7. The zero-order valence-electron chi connectivity index (χ0n) is 17.3. The largest absolute Gasteiger partial charge is 0.497 e. The van der Waals surface area contributed by atoms with Crippen LogP contribution < -0.4 is 10.1 Å². The Bertz CT molecular complexity index is 1200. The van der Waals surface area contributed by atoms with Crippen LogP contribution >= 0.6 is 11.3 Å². The number of pyridine rings is 1. The molecule has 2 N–H and O–H groups in total. The molecule has 3 aromatic rings. The predicted molar refractivity (Wildman–Crippen MR) is 119 cm³/mol. The third kappa shape index (κ3) is 3.53. The van der Waals surface area contributed by atoms with Crippen molar-refractivity contribution in [2.45, 2.75) is 18.4 Å². The first-order valence-electron chi connectivity index (χ1n) is 9.60. The Hall–Kier alpha value is -3.70. The average molecular weight is 432 g/mol. The van der Waals surface area contributed by atoms with E-state index in [1.54, 1.807) is 26.4 Å². The van der Waals surface area contributed by atoms with Gasteiger partial charge in [0.25, 0.3) is 0 Å². The van der Waals surface area contributed by atoms with Gasteiger partial charge in [-0.25, -0.2) is 0 Å². The maximum Gasteiger partial charge on any atom is 0.239 e. The van der Waals surface area contributed by atoms with E-state index in [1.165, 1.54) is 22.4 Å². The monoisotopic (exact) mass is 431 g/mol. The van der Waals surface area contributed by atoms with E-state index in [0.717, 1.165) is 21.6 Å². The van der Waals surface area contributed by atoms with Crippen LogP contribution in [0.5, 0.6) is 5.75 Å². The fraction of sp³-hybridized carbons (Fsp3) is 0.217. The van der Waals surface area contributed by atoms with Gasteiger partial charge in [-0.3, -0.25) is 20.1 Å². The minimum absolute atomic E-state index is 0.0559. The number of ether oxygens (including phenoxy) is 1. The van der Waals surface area contributed by atoms with E-state index in [9.17, 15) is 4.79 Å². The lowest BCUT2D eigenvalue weighted by atomic mass is 9.76. The van der Waals surface area contributed by atoms with Crippen molar-refractivity contribution in [3.05, 3.63) is 70.2 Å². The van der Waals surface area contributed by atoms with Gasteiger partial charge in [0, 0.05) is 29.9 Å². The van der Waals surface area contributed by atoms with Crippen LogP contribution in [0.3, 0.4) is 0 Å². The van der Waals surface area contributed by atoms with Crippen molar-refractivity contribution in [2.24, 2.45) is 0 Å². The molecule has 2 atom stereocenters. The predicted octanol–water partition coefficient (Wildman–Crippen LogP) is 3.69. The van der Waals surface area contributed by atoms with Gasteiger partial charge in [-0.1, -0.05) is 12.1 Å². The van der Waals surface area contributed by atoms with Crippen molar-refractivity contribution < 1.29 is 9.53 Å². The number of methoxy groups -OCH3 is 1. The van der Waals surface area contributed by atoms with Crippen LogP contribution in [0.25, 0.3) is 11.1 Å². The first-order valence-corrected chi connectivity index (χ1v) is 10.5. The number of rotatable bonds is 4. The molecule has 2 aromatic heterocycles. The fourth-order valence-corrected chi connectivity index (χ4v) is 4.91. The van der Waals surface area contributed by atoms with Crippen LogP contribution in [0.4, 0.5) is 0 Å². The van der Waals surface area contributed by atoms with E-state index in [1.807, 2.05) is 42.6 Å². The second-order valence-corrected chi connectivity index (χ2v) is 8.46. The van der Waals surface area contributed by atoms with Gasteiger partial charge in [0.2, 0.25) is 5.91 Å². The number of thiophene rings is 1. The highest BCUT2D eigenvalue weighted by atomic mass is 32.1. The molecule has 1 aromatic carbocycles. The number of nitriles is 1. The van der Waals surface area contributed by atoms with Gasteiger partial charge in [0.1, 0.15) is 11.8 Å². The number of carbonyl (C=O) groups is 1. The number of nitrogens with zero attached hydrogens (tertiary/aromatic N) is 3. The molecule has 1 aliphatic heterocycles. The zero-order valence-corrected chi connectivity index (χ0v) is 18.2. The van der Waals surface area contributed by atoms with E-state index in [4.69, 9.17) is 15.4 Å². The lowest BCUT2D eigenvalue weighted by Crippen LogP contribution is -2.62. The Morgan fingerprint density at radius 3 is 2.68 bits per heavy atom. The van der Waals surface area contributed by atoms with E-state index in [0.29, 0.717) is 11.3 Å². The quantitative estimate of drug-likeness (QED) is 0.656. The number of benzene rings is 1. The molecule has 4 rings (SSSR count). The number of hydrogen-bond acceptors (Lipinski definition) is 6. The van der Waals surface area contributed by atoms with Gasteiger partial charge >= 0.3 is 0 Å². The summed E-state index contributed by atoms with van der Waals surface area (Å²) in [7, 11) is 3.21. The molecule has 1 fully saturated rings. The van der Waals surface area contributed by atoms with Gasteiger partial charge in [-0.15, -0.1) is 11.3 Å². The normalized spacial score (nSPS) is 20.8. The Morgan fingerprint density at radius 2 is 2.00 bits per heavy atom. The van der Waals surface area contributed by atoms with Crippen molar-refractivity contribution in [3.63, 3.8) is 0 Å². The first-order chi connectivity index (χ1) is 14.9.